The van der Waals surface area contributed by atoms with Gasteiger partial charge in [0.1, 0.15) is 17.7 Å². The van der Waals surface area contributed by atoms with Crippen LogP contribution in [0.2, 0.25) is 5.28 Å². The van der Waals surface area contributed by atoms with Crippen LogP contribution in [0, 0.1) is 0 Å². The second-order valence-corrected chi connectivity index (χ2v) is 8.29. The molecule has 0 fully saturated rings. The van der Waals surface area contributed by atoms with Crippen molar-refractivity contribution < 1.29 is 48.3 Å². The number of ether oxygens (including phenoxy) is 3. The summed E-state index contributed by atoms with van der Waals surface area (Å²) in [5.41, 5.74) is 3.10. The van der Waals surface area contributed by atoms with E-state index in [1.54, 1.807) is 0 Å². The zero-order chi connectivity index (χ0) is 28.2. The van der Waals surface area contributed by atoms with Crippen molar-refractivity contribution >= 4 is 46.5 Å². The number of anilines is 1. The van der Waals surface area contributed by atoms with Gasteiger partial charge in [0.05, 0.1) is 25.6 Å². The average Bonchev–Trinajstić information content (AvgIpc) is 3.31. The number of carboxylic acids is 2. The number of esters is 1. The normalized spacial score (nSPS) is 14.1. The molecule has 0 saturated carbocycles. The van der Waals surface area contributed by atoms with Gasteiger partial charge in [0.25, 0.3) is 5.60 Å². The van der Waals surface area contributed by atoms with Gasteiger partial charge in [-0.25, -0.2) is 23.8 Å². The minimum Gasteiger partial charge on any atom is -0.479 e. The second-order valence-electron chi connectivity index (χ2n) is 7.95. The molecular weight excluding hydrogens is 533 g/mol. The number of nitrogen functional groups attached to an aromatic ring is 1. The number of imidazole rings is 1. The molecule has 0 amide bonds. The molecule has 3 atom stereocenters. The average molecular weight is 556 g/mol. The Morgan fingerprint density at radius 2 is 1.79 bits per heavy atom. The summed E-state index contributed by atoms with van der Waals surface area (Å²) < 4.78 is 31.1. The smallest absolute Gasteiger partial charge is 0.348 e. The Morgan fingerprint density at radius 3 is 2.34 bits per heavy atom. The maximum atomic E-state index is 15.3. The molecule has 0 aliphatic rings. The lowest BCUT2D eigenvalue weighted by atomic mass is 9.93. The second kappa shape index (κ2) is 11.6. The monoisotopic (exact) mass is 555 g/mol. The number of aliphatic carboxylic acids is 2. The van der Waals surface area contributed by atoms with Crippen molar-refractivity contribution in [3.05, 3.63) is 47.0 Å². The summed E-state index contributed by atoms with van der Waals surface area (Å²) in [5.74, 6) is -4.48. The lowest BCUT2D eigenvalue weighted by molar-refractivity contribution is -0.192. The van der Waals surface area contributed by atoms with Crippen molar-refractivity contribution in [1.82, 2.24) is 19.5 Å². The van der Waals surface area contributed by atoms with Crippen molar-refractivity contribution in [2.24, 2.45) is 0 Å². The molecule has 1 aromatic carbocycles. The highest BCUT2D eigenvalue weighted by Crippen LogP contribution is 2.27. The fraction of sp³-hybridized carbons (Fsp3) is 0.364. The number of aromatic nitrogens is 4. The highest BCUT2D eigenvalue weighted by atomic mass is 35.5. The minimum absolute atomic E-state index is 0.0171. The van der Waals surface area contributed by atoms with E-state index in [1.807, 2.05) is 0 Å². The summed E-state index contributed by atoms with van der Waals surface area (Å²) in [6, 6.07) is 5.31. The van der Waals surface area contributed by atoms with Gasteiger partial charge in [-0.05, 0) is 29.3 Å². The summed E-state index contributed by atoms with van der Waals surface area (Å²) in [5, 5.41) is 29.9. The van der Waals surface area contributed by atoms with E-state index in [1.165, 1.54) is 31.4 Å². The van der Waals surface area contributed by atoms with Crippen LogP contribution < -0.4 is 5.73 Å². The van der Waals surface area contributed by atoms with Gasteiger partial charge in [0.2, 0.25) is 11.6 Å². The summed E-state index contributed by atoms with van der Waals surface area (Å²) >= 11 is 5.78. The third kappa shape index (κ3) is 5.65. The van der Waals surface area contributed by atoms with Crippen molar-refractivity contribution in [2.75, 3.05) is 26.6 Å². The van der Waals surface area contributed by atoms with Crippen LogP contribution in [-0.4, -0.2) is 91.4 Å². The van der Waals surface area contributed by atoms with Crippen LogP contribution in [0.4, 0.5) is 10.2 Å². The predicted octanol–water partition coefficient (Wildman–Crippen LogP) is 0.860. The number of rotatable bonds is 12. The van der Waals surface area contributed by atoms with E-state index in [4.69, 9.17) is 26.8 Å². The number of carboxylic acid groups (broad SMARTS) is 2. The maximum absolute atomic E-state index is 15.3. The zero-order valence-electron chi connectivity index (χ0n) is 19.9. The molecule has 14 nitrogen and oxygen atoms in total. The van der Waals surface area contributed by atoms with E-state index in [2.05, 4.69) is 19.7 Å². The third-order valence-electron chi connectivity index (χ3n) is 5.67. The fourth-order valence-electron chi connectivity index (χ4n) is 3.54. The number of aliphatic hydroxyl groups is 1. The summed E-state index contributed by atoms with van der Waals surface area (Å²) in [4.78, 5) is 47.2. The standard InChI is InChI=1S/C22H23ClFN5O9/c1-36-12(14(30)15(24)29-9-26-13-16(25)27-21(23)28-17(13)29)8-38-22(19(32)33,20(34)35)7-10-3-5-11(6-4-10)18(31)37-2/h3-6,9,12,14-15,30H,7-8H2,1-2H3,(H,32,33)(H,34,35)(H2,25,27,28)/t12-,14-,15-/m1/s1. The third-order valence-corrected chi connectivity index (χ3v) is 5.83. The molecule has 3 aromatic rings. The Bertz CT molecular complexity index is 1320. The Hall–Kier alpha value is -3.92. The maximum Gasteiger partial charge on any atom is 0.348 e. The summed E-state index contributed by atoms with van der Waals surface area (Å²) in [6.07, 6.45) is -5.51. The number of nitrogens with two attached hydrogens (primary N) is 1. The van der Waals surface area contributed by atoms with Gasteiger partial charge in [0, 0.05) is 13.5 Å². The van der Waals surface area contributed by atoms with Crippen molar-refractivity contribution in [2.45, 2.75) is 30.5 Å². The number of carbonyl (C=O) groups excluding carboxylic acids is 1. The number of halogens is 2. The van der Waals surface area contributed by atoms with E-state index in [0.717, 1.165) is 18.0 Å². The lowest BCUT2D eigenvalue weighted by Gasteiger charge is -2.30. The van der Waals surface area contributed by atoms with Crippen LogP contribution >= 0.6 is 11.6 Å². The van der Waals surface area contributed by atoms with Gasteiger partial charge in [-0.1, -0.05) is 12.1 Å². The Labute approximate surface area is 218 Å². The molecule has 0 aliphatic heterocycles. The van der Waals surface area contributed by atoms with Gasteiger partial charge < -0.3 is 35.3 Å². The van der Waals surface area contributed by atoms with Crippen LogP contribution in [0.5, 0.6) is 0 Å². The highest BCUT2D eigenvalue weighted by molar-refractivity contribution is 6.28. The first-order valence-electron chi connectivity index (χ1n) is 10.7. The zero-order valence-corrected chi connectivity index (χ0v) is 20.7. The van der Waals surface area contributed by atoms with E-state index in [9.17, 15) is 29.7 Å². The molecule has 0 radical (unpaired) electrons. The molecule has 0 spiro atoms. The minimum atomic E-state index is -2.84. The van der Waals surface area contributed by atoms with Crippen molar-refractivity contribution in [3.8, 4) is 0 Å². The molecule has 3 rings (SSSR count). The van der Waals surface area contributed by atoms with Gasteiger partial charge in [-0.2, -0.15) is 9.97 Å². The van der Waals surface area contributed by atoms with Gasteiger partial charge in [-0.3, -0.25) is 4.57 Å². The number of carbonyl (C=O) groups is 3. The quantitative estimate of drug-likeness (QED) is 0.139. The van der Waals surface area contributed by atoms with Crippen LogP contribution in [0.3, 0.4) is 0 Å². The topological polar surface area (TPSA) is 209 Å². The number of fused-ring (bicyclic) bond motifs is 1. The molecule has 0 aliphatic carbocycles. The molecule has 0 bridgehead atoms. The number of nitrogens with zero attached hydrogens (tertiary/aromatic N) is 4. The van der Waals surface area contributed by atoms with E-state index < -0.39 is 55.0 Å². The largest absolute Gasteiger partial charge is 0.479 e. The van der Waals surface area contributed by atoms with Gasteiger partial charge in [-0.15, -0.1) is 0 Å². The molecule has 38 heavy (non-hydrogen) atoms. The molecule has 0 unspecified atom stereocenters. The molecule has 204 valence electrons. The molecule has 16 heteroatoms. The highest BCUT2D eigenvalue weighted by Gasteiger charge is 2.49. The molecule has 2 aromatic heterocycles. The first-order chi connectivity index (χ1) is 17.9. The van der Waals surface area contributed by atoms with Crippen molar-refractivity contribution in [3.63, 3.8) is 0 Å². The summed E-state index contributed by atoms with van der Waals surface area (Å²) in [6.45, 7) is -0.846. The van der Waals surface area contributed by atoms with E-state index >= 15 is 4.39 Å². The van der Waals surface area contributed by atoms with Crippen LogP contribution in [0.15, 0.2) is 30.6 Å². The molecule has 0 saturated heterocycles. The van der Waals surface area contributed by atoms with Crippen LogP contribution in [-0.2, 0) is 30.2 Å². The van der Waals surface area contributed by atoms with Gasteiger partial charge >= 0.3 is 17.9 Å². The Morgan fingerprint density at radius 1 is 1.16 bits per heavy atom. The SMILES string of the molecule is COC(=O)c1ccc(CC(OC[C@@H](OC)[C@@H](O)[C@H](F)n2cnc3c(N)nc(Cl)nc32)(C(=O)O)C(=O)O)cc1. The number of hydrogen-bond acceptors (Lipinski definition) is 11. The van der Waals surface area contributed by atoms with E-state index in [0.29, 0.717) is 0 Å². The van der Waals surface area contributed by atoms with Crippen molar-refractivity contribution in [1.29, 1.82) is 0 Å². The number of benzene rings is 1. The van der Waals surface area contributed by atoms with E-state index in [-0.39, 0.29) is 33.4 Å². The number of aliphatic hydroxyl groups excluding tert-OH is 1. The van der Waals surface area contributed by atoms with Crippen LogP contribution in [0.1, 0.15) is 22.2 Å². The summed E-state index contributed by atoms with van der Waals surface area (Å²) in [7, 11) is 2.27. The first-order valence-corrected chi connectivity index (χ1v) is 11.1. The first kappa shape index (κ1) is 28.6. The van der Waals surface area contributed by atoms with Crippen LogP contribution in [0.25, 0.3) is 11.2 Å². The molecule has 5 N–H and O–H groups in total. The van der Waals surface area contributed by atoms with Gasteiger partial charge in [0.15, 0.2) is 11.5 Å². The number of alkyl halides is 1. The molecular formula is C22H23ClFN5O9. The Balaban J connectivity index is 1.83. The lowest BCUT2D eigenvalue weighted by Crippen LogP contribution is -2.53. The fourth-order valence-corrected chi connectivity index (χ4v) is 3.72. The predicted molar refractivity (Wildman–Crippen MR) is 127 cm³/mol. The molecule has 2 heterocycles. The number of hydrogen-bond donors (Lipinski definition) is 4. The Kier molecular flexibility index (Phi) is 8.78. The number of methoxy groups -OCH3 is 2.